The predicted octanol–water partition coefficient (Wildman–Crippen LogP) is 1.86. The lowest BCUT2D eigenvalue weighted by Crippen LogP contribution is -2.22. The first kappa shape index (κ1) is 12.5. The second-order valence-corrected chi connectivity index (χ2v) is 3.56. The van der Waals surface area contributed by atoms with E-state index in [0.717, 1.165) is 19.4 Å². The Hall–Kier alpha value is -1.55. The molecule has 0 spiro atoms. The SMILES string of the molecule is CCCCCNOc1ccccc1C(N)=O. The minimum absolute atomic E-state index is 0.394. The van der Waals surface area contributed by atoms with Crippen LogP contribution in [0, 0.1) is 0 Å². The maximum Gasteiger partial charge on any atom is 0.252 e. The highest BCUT2D eigenvalue weighted by Gasteiger charge is 2.07. The number of benzene rings is 1. The molecule has 0 radical (unpaired) electrons. The summed E-state index contributed by atoms with van der Waals surface area (Å²) in [5, 5.41) is 0. The van der Waals surface area contributed by atoms with Crippen LogP contribution in [0.4, 0.5) is 0 Å². The molecule has 1 rings (SSSR count). The van der Waals surface area contributed by atoms with Crippen LogP contribution in [0.15, 0.2) is 24.3 Å². The molecule has 4 nitrogen and oxygen atoms in total. The number of carbonyl (C=O) groups is 1. The second-order valence-electron chi connectivity index (χ2n) is 3.56. The van der Waals surface area contributed by atoms with Gasteiger partial charge in [0.15, 0.2) is 5.75 Å². The first-order chi connectivity index (χ1) is 7.75. The topological polar surface area (TPSA) is 64.3 Å². The minimum atomic E-state index is -0.481. The molecular weight excluding hydrogens is 204 g/mol. The average molecular weight is 222 g/mol. The fraction of sp³-hybridized carbons (Fsp3) is 0.417. The van der Waals surface area contributed by atoms with Crippen LogP contribution < -0.4 is 16.1 Å². The molecule has 0 bridgehead atoms. The normalized spacial score (nSPS) is 10.1. The molecule has 0 saturated heterocycles. The Labute approximate surface area is 95.7 Å². The average Bonchev–Trinajstić information content (AvgIpc) is 2.29. The number of nitrogens with two attached hydrogens (primary N) is 1. The van der Waals surface area contributed by atoms with E-state index in [-0.39, 0.29) is 0 Å². The van der Waals surface area contributed by atoms with E-state index in [0.29, 0.717) is 11.3 Å². The fourth-order valence-electron chi connectivity index (χ4n) is 1.34. The summed E-state index contributed by atoms with van der Waals surface area (Å²) >= 11 is 0. The van der Waals surface area contributed by atoms with Gasteiger partial charge in [-0.15, -0.1) is 0 Å². The Morgan fingerprint density at radius 2 is 2.12 bits per heavy atom. The first-order valence-corrected chi connectivity index (χ1v) is 5.54. The van der Waals surface area contributed by atoms with Gasteiger partial charge in [-0.05, 0) is 18.6 Å². The van der Waals surface area contributed by atoms with Gasteiger partial charge in [0.2, 0.25) is 0 Å². The number of primary amides is 1. The zero-order valence-electron chi connectivity index (χ0n) is 9.53. The Bertz CT molecular complexity index is 340. The molecule has 1 amide bonds. The van der Waals surface area contributed by atoms with Crippen LogP contribution in [0.25, 0.3) is 0 Å². The van der Waals surface area contributed by atoms with Gasteiger partial charge in [0.25, 0.3) is 5.91 Å². The maximum atomic E-state index is 11.1. The summed E-state index contributed by atoms with van der Waals surface area (Å²) in [7, 11) is 0. The van der Waals surface area contributed by atoms with Crippen molar-refractivity contribution < 1.29 is 9.63 Å². The zero-order chi connectivity index (χ0) is 11.8. The standard InChI is InChI=1S/C12H18N2O2/c1-2-3-6-9-14-16-11-8-5-4-7-10(11)12(13)15/h4-5,7-8,14H,2-3,6,9H2,1H3,(H2,13,15). The molecule has 1 aromatic carbocycles. The van der Waals surface area contributed by atoms with Gasteiger partial charge < -0.3 is 10.6 Å². The molecule has 0 aliphatic rings. The fourth-order valence-corrected chi connectivity index (χ4v) is 1.34. The second kappa shape index (κ2) is 6.85. The van der Waals surface area contributed by atoms with E-state index in [4.69, 9.17) is 10.6 Å². The van der Waals surface area contributed by atoms with Crippen molar-refractivity contribution in [1.29, 1.82) is 0 Å². The van der Waals surface area contributed by atoms with Gasteiger partial charge in [-0.25, -0.2) is 0 Å². The summed E-state index contributed by atoms with van der Waals surface area (Å²) in [6, 6.07) is 6.91. The molecule has 0 atom stereocenters. The highest BCUT2D eigenvalue weighted by Crippen LogP contribution is 2.15. The summed E-state index contributed by atoms with van der Waals surface area (Å²) in [5.41, 5.74) is 8.44. The molecule has 1 aromatic rings. The summed E-state index contributed by atoms with van der Waals surface area (Å²) in [6.07, 6.45) is 3.38. The summed E-state index contributed by atoms with van der Waals surface area (Å²) in [4.78, 5) is 16.4. The van der Waals surface area contributed by atoms with Gasteiger partial charge in [-0.3, -0.25) is 4.79 Å². The van der Waals surface area contributed by atoms with E-state index in [9.17, 15) is 4.79 Å². The van der Waals surface area contributed by atoms with E-state index in [1.54, 1.807) is 24.3 Å². The van der Waals surface area contributed by atoms with E-state index in [2.05, 4.69) is 12.4 Å². The van der Waals surface area contributed by atoms with Crippen molar-refractivity contribution in [3.63, 3.8) is 0 Å². The molecule has 0 aliphatic carbocycles. The molecule has 3 N–H and O–H groups in total. The summed E-state index contributed by atoms with van der Waals surface area (Å²) < 4.78 is 0. The lowest BCUT2D eigenvalue weighted by molar-refractivity contribution is 0.0991. The summed E-state index contributed by atoms with van der Waals surface area (Å²) in [5.74, 6) is -0.00235. The van der Waals surface area contributed by atoms with Gasteiger partial charge in [-0.1, -0.05) is 31.9 Å². The highest BCUT2D eigenvalue weighted by molar-refractivity contribution is 5.95. The number of rotatable bonds is 7. The van der Waals surface area contributed by atoms with Crippen molar-refractivity contribution in [3.8, 4) is 5.75 Å². The Morgan fingerprint density at radius 3 is 2.81 bits per heavy atom. The Balaban J connectivity index is 2.44. The van der Waals surface area contributed by atoms with Gasteiger partial charge in [-0.2, -0.15) is 5.48 Å². The van der Waals surface area contributed by atoms with Crippen molar-refractivity contribution in [2.75, 3.05) is 6.54 Å². The molecule has 0 aromatic heterocycles. The van der Waals surface area contributed by atoms with Crippen molar-refractivity contribution in [1.82, 2.24) is 5.48 Å². The molecule has 0 fully saturated rings. The Kier molecular flexibility index (Phi) is 5.36. The van der Waals surface area contributed by atoms with Crippen molar-refractivity contribution in [2.45, 2.75) is 26.2 Å². The van der Waals surface area contributed by atoms with Gasteiger partial charge in [0.1, 0.15) is 0 Å². The Morgan fingerprint density at radius 1 is 1.38 bits per heavy atom. The van der Waals surface area contributed by atoms with E-state index < -0.39 is 5.91 Å². The van der Waals surface area contributed by atoms with Crippen molar-refractivity contribution >= 4 is 5.91 Å². The van der Waals surface area contributed by atoms with Gasteiger partial charge >= 0.3 is 0 Å². The number of para-hydroxylation sites is 1. The van der Waals surface area contributed by atoms with Crippen LogP contribution in [0.2, 0.25) is 0 Å². The van der Waals surface area contributed by atoms with E-state index in [1.165, 1.54) is 6.42 Å². The summed E-state index contributed by atoms with van der Waals surface area (Å²) in [6.45, 7) is 2.91. The van der Waals surface area contributed by atoms with Crippen LogP contribution in [0.3, 0.4) is 0 Å². The largest absolute Gasteiger partial charge is 0.408 e. The van der Waals surface area contributed by atoms with Crippen LogP contribution in [0.1, 0.15) is 36.5 Å². The molecule has 0 unspecified atom stereocenters. The number of nitrogens with one attached hydrogen (secondary N) is 1. The lowest BCUT2D eigenvalue weighted by Gasteiger charge is -2.09. The van der Waals surface area contributed by atoms with Crippen molar-refractivity contribution in [3.05, 3.63) is 29.8 Å². The van der Waals surface area contributed by atoms with Crippen molar-refractivity contribution in [2.24, 2.45) is 5.73 Å². The smallest absolute Gasteiger partial charge is 0.252 e. The number of hydrogen-bond donors (Lipinski definition) is 2. The number of carbonyl (C=O) groups excluding carboxylic acids is 1. The quantitative estimate of drug-likeness (QED) is 0.546. The van der Waals surface area contributed by atoms with E-state index >= 15 is 0 Å². The molecule has 0 aliphatic heterocycles. The van der Waals surface area contributed by atoms with Crippen LogP contribution in [-0.2, 0) is 0 Å². The lowest BCUT2D eigenvalue weighted by atomic mass is 10.2. The van der Waals surface area contributed by atoms with E-state index in [1.807, 2.05) is 0 Å². The van der Waals surface area contributed by atoms with Gasteiger partial charge in [0, 0.05) is 6.54 Å². The first-order valence-electron chi connectivity index (χ1n) is 5.54. The third-order valence-corrected chi connectivity index (χ3v) is 2.22. The third kappa shape index (κ3) is 3.90. The van der Waals surface area contributed by atoms with Crippen LogP contribution >= 0.6 is 0 Å². The number of hydroxylamine groups is 1. The highest BCUT2D eigenvalue weighted by atomic mass is 16.6. The molecule has 0 heterocycles. The number of hydrogen-bond acceptors (Lipinski definition) is 3. The number of amides is 1. The predicted molar refractivity (Wildman–Crippen MR) is 63.1 cm³/mol. The number of unbranched alkanes of at least 4 members (excludes halogenated alkanes) is 2. The minimum Gasteiger partial charge on any atom is -0.408 e. The molecule has 16 heavy (non-hydrogen) atoms. The molecule has 0 saturated carbocycles. The monoisotopic (exact) mass is 222 g/mol. The maximum absolute atomic E-state index is 11.1. The van der Waals surface area contributed by atoms with Crippen LogP contribution in [0.5, 0.6) is 5.75 Å². The molecule has 88 valence electrons. The third-order valence-electron chi connectivity index (χ3n) is 2.22. The molecule has 4 heteroatoms. The van der Waals surface area contributed by atoms with Crippen LogP contribution in [-0.4, -0.2) is 12.5 Å². The zero-order valence-corrected chi connectivity index (χ0v) is 9.53. The van der Waals surface area contributed by atoms with Gasteiger partial charge in [0.05, 0.1) is 5.56 Å². The molecular formula is C12H18N2O2.